The second-order valence-corrected chi connectivity index (χ2v) is 5.28. The smallest absolute Gasteiger partial charge is 0.313 e. The molecule has 1 aliphatic carbocycles. The molecule has 1 saturated carbocycles. The number of hydrogen-bond donors (Lipinski definition) is 2. The monoisotopic (exact) mass is 326 g/mol. The van der Waals surface area contributed by atoms with Crippen LogP contribution in [0.1, 0.15) is 17.9 Å². The van der Waals surface area contributed by atoms with Gasteiger partial charge in [-0.3, -0.25) is 9.78 Å². The molecule has 2 aromatic rings. The van der Waals surface area contributed by atoms with Gasteiger partial charge in [0.25, 0.3) is 11.6 Å². The van der Waals surface area contributed by atoms with Gasteiger partial charge in [0.1, 0.15) is 5.69 Å². The molecule has 0 aromatic carbocycles. The lowest BCUT2D eigenvalue weighted by Gasteiger charge is -2.04. The molecular formula is C13H9ClF2N4O2. The van der Waals surface area contributed by atoms with E-state index in [2.05, 4.69) is 20.2 Å². The van der Waals surface area contributed by atoms with Crippen molar-refractivity contribution in [3.8, 4) is 11.3 Å². The van der Waals surface area contributed by atoms with Crippen molar-refractivity contribution in [3.05, 3.63) is 56.0 Å². The van der Waals surface area contributed by atoms with Crippen LogP contribution in [0.5, 0.6) is 0 Å². The highest BCUT2D eigenvalue weighted by atomic mass is 35.5. The maximum Gasteiger partial charge on any atom is 0.325 e. The Hall–Kier alpha value is -2.35. The minimum absolute atomic E-state index is 0.116. The van der Waals surface area contributed by atoms with Crippen molar-refractivity contribution in [1.29, 1.82) is 0 Å². The van der Waals surface area contributed by atoms with Crippen molar-refractivity contribution in [2.45, 2.75) is 12.3 Å². The first-order valence-corrected chi connectivity index (χ1v) is 6.72. The summed E-state index contributed by atoms with van der Waals surface area (Å²) in [6, 6.07) is 1.53. The quantitative estimate of drug-likeness (QED) is 0.903. The van der Waals surface area contributed by atoms with Gasteiger partial charge in [-0.05, 0) is 36.0 Å². The molecule has 2 N–H and O–H groups in total. The van der Waals surface area contributed by atoms with Crippen molar-refractivity contribution in [2.75, 3.05) is 0 Å². The number of allylic oxidation sites excluding steroid dienone is 1. The van der Waals surface area contributed by atoms with E-state index >= 15 is 0 Å². The fourth-order valence-electron chi connectivity index (χ4n) is 2.30. The van der Waals surface area contributed by atoms with Crippen molar-refractivity contribution in [3.63, 3.8) is 0 Å². The molecule has 1 fully saturated rings. The Bertz CT molecular complexity index is 873. The van der Waals surface area contributed by atoms with Gasteiger partial charge in [0.15, 0.2) is 5.15 Å². The standard InChI is InChI=1S/C13H9ClF2N4O2/c14-11-7(6-1-5(6)2-10(15)16)3-9(19-20-11)8-4-17-13(22)18-12(8)21/h2-6H,1H2,(H2,17,18,21,22)/t5-,6+/m1/s1. The fraction of sp³-hybridized carbons (Fsp3) is 0.231. The lowest BCUT2D eigenvalue weighted by molar-refractivity contribution is 0.416. The predicted octanol–water partition coefficient (Wildman–Crippen LogP) is 2.06. The zero-order valence-corrected chi connectivity index (χ0v) is 11.7. The van der Waals surface area contributed by atoms with Crippen LogP contribution in [0.4, 0.5) is 8.78 Å². The number of H-pyrrole nitrogens is 2. The molecule has 114 valence electrons. The normalized spacial score (nSPS) is 19.8. The first kappa shape index (κ1) is 14.6. The Labute approximate surface area is 126 Å². The van der Waals surface area contributed by atoms with E-state index in [1.54, 1.807) is 0 Å². The third-order valence-electron chi connectivity index (χ3n) is 3.45. The number of nitrogens with zero attached hydrogens (tertiary/aromatic N) is 2. The fourth-order valence-corrected chi connectivity index (χ4v) is 2.53. The molecule has 2 aromatic heterocycles. The van der Waals surface area contributed by atoms with Crippen LogP contribution in [0.25, 0.3) is 11.3 Å². The summed E-state index contributed by atoms with van der Waals surface area (Å²) in [4.78, 5) is 27.2. The molecule has 0 radical (unpaired) electrons. The summed E-state index contributed by atoms with van der Waals surface area (Å²) in [5.74, 6) is -0.474. The number of aromatic amines is 2. The molecule has 1 aliphatic rings. The molecule has 0 unspecified atom stereocenters. The van der Waals surface area contributed by atoms with Crippen LogP contribution in [0.15, 0.2) is 34.0 Å². The summed E-state index contributed by atoms with van der Waals surface area (Å²) in [6.45, 7) is 0. The zero-order chi connectivity index (χ0) is 15.9. The molecule has 0 amide bonds. The number of rotatable bonds is 3. The highest BCUT2D eigenvalue weighted by molar-refractivity contribution is 6.30. The molecule has 0 spiro atoms. The van der Waals surface area contributed by atoms with Gasteiger partial charge in [-0.1, -0.05) is 11.6 Å². The van der Waals surface area contributed by atoms with Gasteiger partial charge < -0.3 is 4.98 Å². The van der Waals surface area contributed by atoms with Crippen LogP contribution in [0.2, 0.25) is 5.15 Å². The molecule has 6 nitrogen and oxygen atoms in total. The average molecular weight is 327 g/mol. The van der Waals surface area contributed by atoms with Crippen LogP contribution in [0, 0.1) is 5.92 Å². The third kappa shape index (κ3) is 2.82. The maximum atomic E-state index is 12.3. The SMILES string of the molecule is O=c1[nH]cc(-c2cc([C@H]3C[C@@H]3C=C(F)F)c(Cl)nn2)c(=O)[nH]1. The van der Waals surface area contributed by atoms with E-state index < -0.39 is 17.3 Å². The number of halogens is 3. The lowest BCUT2D eigenvalue weighted by Crippen LogP contribution is -2.23. The predicted molar refractivity (Wildman–Crippen MR) is 74.9 cm³/mol. The van der Waals surface area contributed by atoms with Crippen LogP contribution in [0.3, 0.4) is 0 Å². The summed E-state index contributed by atoms with van der Waals surface area (Å²) in [5.41, 5.74) is -0.364. The Morgan fingerprint density at radius 1 is 1.36 bits per heavy atom. The summed E-state index contributed by atoms with van der Waals surface area (Å²) in [7, 11) is 0. The molecule has 9 heteroatoms. The van der Waals surface area contributed by atoms with Gasteiger partial charge in [-0.25, -0.2) is 4.79 Å². The molecule has 0 aliphatic heterocycles. The summed E-state index contributed by atoms with van der Waals surface area (Å²) in [5, 5.41) is 7.68. The Morgan fingerprint density at radius 3 is 2.82 bits per heavy atom. The summed E-state index contributed by atoms with van der Waals surface area (Å²) < 4.78 is 24.5. The van der Waals surface area contributed by atoms with Gasteiger partial charge in [-0.2, -0.15) is 8.78 Å². The van der Waals surface area contributed by atoms with Crippen LogP contribution in [-0.2, 0) is 0 Å². The highest BCUT2D eigenvalue weighted by Gasteiger charge is 2.39. The van der Waals surface area contributed by atoms with E-state index in [0.717, 1.165) is 6.08 Å². The minimum Gasteiger partial charge on any atom is -0.313 e. The Morgan fingerprint density at radius 2 is 2.14 bits per heavy atom. The van der Waals surface area contributed by atoms with Crippen LogP contribution in [-0.4, -0.2) is 20.2 Å². The molecule has 2 atom stereocenters. The van der Waals surface area contributed by atoms with Gasteiger partial charge in [-0.15, -0.1) is 10.2 Å². The minimum atomic E-state index is -1.73. The highest BCUT2D eigenvalue weighted by Crippen LogP contribution is 2.50. The van der Waals surface area contributed by atoms with Crippen molar-refractivity contribution in [2.24, 2.45) is 5.92 Å². The van der Waals surface area contributed by atoms with Crippen molar-refractivity contribution < 1.29 is 8.78 Å². The maximum absolute atomic E-state index is 12.3. The van der Waals surface area contributed by atoms with E-state index in [4.69, 9.17) is 11.6 Å². The average Bonchev–Trinajstić information content (AvgIpc) is 3.18. The van der Waals surface area contributed by atoms with Crippen LogP contribution >= 0.6 is 11.6 Å². The first-order chi connectivity index (χ1) is 10.5. The van der Waals surface area contributed by atoms with Gasteiger partial charge in [0, 0.05) is 6.20 Å². The molecule has 2 heterocycles. The van der Waals surface area contributed by atoms with E-state index in [9.17, 15) is 18.4 Å². The van der Waals surface area contributed by atoms with Crippen molar-refractivity contribution >= 4 is 11.6 Å². The van der Waals surface area contributed by atoms with E-state index in [1.807, 2.05) is 0 Å². The number of aromatic nitrogens is 4. The van der Waals surface area contributed by atoms with Gasteiger partial charge in [0.2, 0.25) is 0 Å². The third-order valence-corrected chi connectivity index (χ3v) is 3.74. The molecular weight excluding hydrogens is 318 g/mol. The van der Waals surface area contributed by atoms with Crippen LogP contribution < -0.4 is 11.2 Å². The first-order valence-electron chi connectivity index (χ1n) is 6.34. The Balaban J connectivity index is 1.99. The summed E-state index contributed by atoms with van der Waals surface area (Å²) >= 11 is 5.96. The topological polar surface area (TPSA) is 91.5 Å². The number of nitrogens with one attached hydrogen (secondary N) is 2. The second-order valence-electron chi connectivity index (χ2n) is 4.92. The van der Waals surface area contributed by atoms with E-state index in [0.29, 0.717) is 12.0 Å². The molecule has 0 saturated heterocycles. The molecule has 0 bridgehead atoms. The zero-order valence-electron chi connectivity index (χ0n) is 10.9. The second kappa shape index (κ2) is 5.45. The largest absolute Gasteiger partial charge is 0.325 e. The summed E-state index contributed by atoms with van der Waals surface area (Å²) in [6.07, 6.45) is 0.898. The van der Waals surface area contributed by atoms with Gasteiger partial charge >= 0.3 is 5.69 Å². The van der Waals surface area contributed by atoms with E-state index in [1.165, 1.54) is 12.3 Å². The van der Waals surface area contributed by atoms with E-state index in [-0.39, 0.29) is 28.2 Å². The van der Waals surface area contributed by atoms with Gasteiger partial charge in [0.05, 0.1) is 5.56 Å². The van der Waals surface area contributed by atoms with Crippen molar-refractivity contribution in [1.82, 2.24) is 20.2 Å². The molecule has 3 rings (SSSR count). The molecule has 22 heavy (non-hydrogen) atoms. The lowest BCUT2D eigenvalue weighted by atomic mass is 10.1. The number of hydrogen-bond acceptors (Lipinski definition) is 4. The Kier molecular flexibility index (Phi) is 3.61.